The van der Waals surface area contributed by atoms with E-state index in [0.29, 0.717) is 5.82 Å². The molecule has 13 aromatic rings. The molecule has 0 saturated heterocycles. The molecule has 68 heavy (non-hydrogen) atoms. The van der Waals surface area contributed by atoms with Gasteiger partial charge in [-0.2, -0.15) is 0 Å². The van der Waals surface area contributed by atoms with E-state index in [-0.39, 0.29) is 0 Å². The van der Waals surface area contributed by atoms with Crippen LogP contribution >= 0.6 is 0 Å². The fourth-order valence-electron chi connectivity index (χ4n) is 10.2. The van der Waals surface area contributed by atoms with E-state index in [9.17, 15) is 0 Å². The Kier molecular flexibility index (Phi) is 9.47. The lowest BCUT2D eigenvalue weighted by molar-refractivity contribution is 1.15. The molecule has 10 aromatic carbocycles. The van der Waals surface area contributed by atoms with Crippen LogP contribution in [0.4, 0.5) is 0 Å². The Morgan fingerprint density at radius 2 is 0.750 bits per heavy atom. The predicted octanol–water partition coefficient (Wildman–Crippen LogP) is 16.7. The molecule has 0 aliphatic rings. The monoisotopic (exact) mass is 866 g/mol. The van der Waals surface area contributed by atoms with Crippen LogP contribution in [0.2, 0.25) is 0 Å². The highest BCUT2D eigenvalue weighted by Crippen LogP contribution is 2.43. The Bertz CT molecular complexity index is 4000. The van der Waals surface area contributed by atoms with Crippen molar-refractivity contribution in [3.63, 3.8) is 0 Å². The molecular weight excluding hydrogens is 825 g/mol. The fourth-order valence-corrected chi connectivity index (χ4v) is 10.2. The third-order valence-corrected chi connectivity index (χ3v) is 13.3. The molecule has 0 fully saturated rings. The molecule has 4 nitrogen and oxygen atoms in total. The van der Waals surface area contributed by atoms with E-state index < -0.39 is 0 Å². The average Bonchev–Trinajstić information content (AvgIpc) is 3.94. The molecule has 0 unspecified atom stereocenters. The highest BCUT2D eigenvalue weighted by Gasteiger charge is 2.22. The van der Waals surface area contributed by atoms with E-state index in [2.05, 4.69) is 264 Å². The molecule has 0 N–H and O–H groups in total. The van der Waals surface area contributed by atoms with Gasteiger partial charge < -0.3 is 9.13 Å². The summed E-state index contributed by atoms with van der Waals surface area (Å²) >= 11 is 0. The van der Waals surface area contributed by atoms with Gasteiger partial charge in [-0.25, -0.2) is 9.97 Å². The average molecular weight is 867 g/mol. The molecule has 318 valence electrons. The van der Waals surface area contributed by atoms with Crippen molar-refractivity contribution in [3.8, 4) is 78.5 Å². The molecule has 4 heteroatoms. The summed E-state index contributed by atoms with van der Waals surface area (Å²) in [6, 6.07) is 91.1. The van der Waals surface area contributed by atoms with Crippen LogP contribution in [-0.2, 0) is 0 Å². The standard InChI is InChI=1S/C64H42N4/c1-5-19-43(20-6-1)45-23-17-28-51(41-45)64-65-61(63-62(66-64)55-33-13-14-35-57(55)68(63)53-31-11-4-12-32-53)50-27-16-25-47(40-50)46-24-15-26-49(39-46)54-34-18-36-59-60(54)56-42-48(44-21-7-2-8-22-44)37-38-58(56)67(59)52-29-9-3-10-30-52/h1-42H. The topological polar surface area (TPSA) is 35.6 Å². The molecule has 3 heterocycles. The summed E-state index contributed by atoms with van der Waals surface area (Å²) in [6.45, 7) is 0. The predicted molar refractivity (Wildman–Crippen MR) is 283 cm³/mol. The van der Waals surface area contributed by atoms with Crippen molar-refractivity contribution in [1.29, 1.82) is 0 Å². The van der Waals surface area contributed by atoms with E-state index in [4.69, 9.17) is 9.97 Å². The minimum atomic E-state index is 0.687. The van der Waals surface area contributed by atoms with Crippen LogP contribution < -0.4 is 0 Å². The highest BCUT2D eigenvalue weighted by molar-refractivity contribution is 6.17. The molecule has 0 bridgehead atoms. The van der Waals surface area contributed by atoms with Gasteiger partial charge in [0.25, 0.3) is 0 Å². The van der Waals surface area contributed by atoms with Gasteiger partial charge in [0.2, 0.25) is 0 Å². The van der Waals surface area contributed by atoms with Crippen molar-refractivity contribution in [3.05, 3.63) is 255 Å². The van der Waals surface area contributed by atoms with Gasteiger partial charge in [0, 0.05) is 38.7 Å². The number of fused-ring (bicyclic) bond motifs is 6. The number of nitrogens with zero attached hydrogens (tertiary/aromatic N) is 4. The van der Waals surface area contributed by atoms with Crippen LogP contribution in [0.3, 0.4) is 0 Å². The number of hydrogen-bond acceptors (Lipinski definition) is 2. The van der Waals surface area contributed by atoms with E-state index >= 15 is 0 Å². The first-order chi connectivity index (χ1) is 33.7. The summed E-state index contributed by atoms with van der Waals surface area (Å²) < 4.78 is 4.73. The third-order valence-electron chi connectivity index (χ3n) is 13.3. The number of para-hydroxylation sites is 3. The summed E-state index contributed by atoms with van der Waals surface area (Å²) in [4.78, 5) is 11.0. The summed E-state index contributed by atoms with van der Waals surface area (Å²) in [5.41, 5.74) is 19.6. The van der Waals surface area contributed by atoms with E-state index in [1.807, 2.05) is 0 Å². The minimum Gasteiger partial charge on any atom is -0.309 e. The smallest absolute Gasteiger partial charge is 0.160 e. The number of hydrogen-bond donors (Lipinski definition) is 0. The van der Waals surface area contributed by atoms with Crippen LogP contribution in [-0.4, -0.2) is 19.1 Å². The van der Waals surface area contributed by atoms with Gasteiger partial charge in [-0.05, 0) is 111 Å². The lowest BCUT2D eigenvalue weighted by Crippen LogP contribution is -2.00. The largest absolute Gasteiger partial charge is 0.309 e. The molecule has 0 saturated carbocycles. The fraction of sp³-hybridized carbons (Fsp3) is 0. The van der Waals surface area contributed by atoms with Gasteiger partial charge in [-0.1, -0.05) is 188 Å². The molecule has 0 radical (unpaired) electrons. The van der Waals surface area contributed by atoms with Crippen LogP contribution in [0, 0.1) is 0 Å². The van der Waals surface area contributed by atoms with Crippen molar-refractivity contribution in [2.75, 3.05) is 0 Å². The van der Waals surface area contributed by atoms with Gasteiger partial charge in [-0.15, -0.1) is 0 Å². The maximum absolute atomic E-state index is 5.54. The molecule has 13 rings (SSSR count). The zero-order valence-corrected chi connectivity index (χ0v) is 37.0. The first-order valence-corrected chi connectivity index (χ1v) is 23.2. The molecule has 3 aromatic heterocycles. The molecule has 0 aliphatic heterocycles. The molecule has 0 spiro atoms. The number of aromatic nitrogens is 4. The maximum Gasteiger partial charge on any atom is 0.160 e. The van der Waals surface area contributed by atoms with E-state index in [1.165, 1.54) is 38.5 Å². The van der Waals surface area contributed by atoms with Crippen molar-refractivity contribution in [2.45, 2.75) is 0 Å². The quantitative estimate of drug-likeness (QED) is 0.153. The summed E-state index contributed by atoms with van der Waals surface area (Å²) in [7, 11) is 0. The van der Waals surface area contributed by atoms with Crippen LogP contribution in [0.1, 0.15) is 0 Å². The van der Waals surface area contributed by atoms with E-state index in [0.717, 1.165) is 77.9 Å². The van der Waals surface area contributed by atoms with Crippen molar-refractivity contribution >= 4 is 43.7 Å². The van der Waals surface area contributed by atoms with Gasteiger partial charge >= 0.3 is 0 Å². The maximum atomic E-state index is 5.54. The van der Waals surface area contributed by atoms with Gasteiger partial charge in [0.1, 0.15) is 5.52 Å². The Morgan fingerprint density at radius 1 is 0.279 bits per heavy atom. The van der Waals surface area contributed by atoms with Crippen molar-refractivity contribution in [1.82, 2.24) is 19.1 Å². The van der Waals surface area contributed by atoms with Gasteiger partial charge in [0.15, 0.2) is 5.82 Å². The number of rotatable bonds is 8. The van der Waals surface area contributed by atoms with Crippen molar-refractivity contribution < 1.29 is 0 Å². The zero-order valence-electron chi connectivity index (χ0n) is 37.0. The third kappa shape index (κ3) is 6.69. The van der Waals surface area contributed by atoms with Crippen LogP contribution in [0.5, 0.6) is 0 Å². The molecule has 0 amide bonds. The molecular formula is C64H42N4. The minimum absolute atomic E-state index is 0.687. The summed E-state index contributed by atoms with van der Waals surface area (Å²) in [5, 5.41) is 3.54. The molecule has 0 aliphatic carbocycles. The second kappa shape index (κ2) is 16.4. The SMILES string of the molecule is c1ccc(-c2cccc(-c3nc(-c4cccc(-c5cccc(-c6cccc7c6c6cc(-c8ccccc8)ccc6n7-c6ccccc6)c5)c4)c4c(n3)c3ccccc3n4-c3ccccc3)c2)cc1. The number of benzene rings is 10. The second-order valence-corrected chi connectivity index (χ2v) is 17.4. The van der Waals surface area contributed by atoms with E-state index in [1.54, 1.807) is 0 Å². The highest BCUT2D eigenvalue weighted by atomic mass is 15.0. The Morgan fingerprint density at radius 3 is 1.44 bits per heavy atom. The van der Waals surface area contributed by atoms with Crippen LogP contribution in [0.25, 0.3) is 122 Å². The zero-order chi connectivity index (χ0) is 45.0. The Labute approximate surface area is 394 Å². The van der Waals surface area contributed by atoms with Crippen LogP contribution in [0.15, 0.2) is 255 Å². The Hall–Kier alpha value is -9.12. The van der Waals surface area contributed by atoms with Gasteiger partial charge in [0.05, 0.1) is 27.8 Å². The summed E-state index contributed by atoms with van der Waals surface area (Å²) in [5.74, 6) is 0.687. The summed E-state index contributed by atoms with van der Waals surface area (Å²) in [6.07, 6.45) is 0. The van der Waals surface area contributed by atoms with Gasteiger partial charge in [-0.3, -0.25) is 0 Å². The first-order valence-electron chi connectivity index (χ1n) is 23.2. The lowest BCUT2D eigenvalue weighted by atomic mass is 9.94. The second-order valence-electron chi connectivity index (χ2n) is 17.4. The lowest BCUT2D eigenvalue weighted by Gasteiger charge is -2.14. The first kappa shape index (κ1) is 39.3. The normalized spacial score (nSPS) is 11.5. The molecule has 0 atom stereocenters. The Balaban J connectivity index is 0.997. The van der Waals surface area contributed by atoms with Crippen molar-refractivity contribution in [2.24, 2.45) is 0 Å².